The molecule has 1 unspecified atom stereocenters. The number of oxime groups is 1. The van der Waals surface area contributed by atoms with E-state index in [2.05, 4.69) is 15.3 Å². The van der Waals surface area contributed by atoms with Crippen molar-refractivity contribution in [2.24, 2.45) is 5.16 Å². The van der Waals surface area contributed by atoms with Gasteiger partial charge in [0.1, 0.15) is 0 Å². The first kappa shape index (κ1) is 22.9. The average molecular weight is 482 g/mol. The minimum Gasteiger partial charge on any atom is -0.374 e. The third-order valence-electron chi connectivity index (χ3n) is 5.37. The second-order valence-electron chi connectivity index (χ2n) is 7.48. The van der Waals surface area contributed by atoms with E-state index in [-0.39, 0.29) is 41.6 Å². The van der Waals surface area contributed by atoms with E-state index in [9.17, 15) is 44.3 Å². The lowest BCUT2D eigenvalue weighted by Gasteiger charge is -2.30. The number of nitrogens with zero attached hydrogens (tertiary/aromatic N) is 1. The van der Waals surface area contributed by atoms with Crippen molar-refractivity contribution in [1.82, 2.24) is 5.32 Å². The maximum atomic E-state index is 14.1. The van der Waals surface area contributed by atoms with Crippen LogP contribution >= 0.6 is 0 Å². The molecule has 0 spiro atoms. The minimum absolute atomic E-state index is 0.0138. The van der Waals surface area contributed by atoms with E-state index < -0.39 is 53.1 Å². The first-order valence-corrected chi connectivity index (χ1v) is 9.15. The number of benzene rings is 2. The normalized spacial score (nSPS) is 20.9. The first-order valence-electron chi connectivity index (χ1n) is 9.15. The van der Waals surface area contributed by atoms with Crippen molar-refractivity contribution in [2.75, 3.05) is 0 Å². The number of hydrogen-bond donors (Lipinski definition) is 1. The Hall–Kier alpha value is -3.25. The molecule has 0 aromatic heterocycles. The quantitative estimate of drug-likeness (QED) is 0.571. The highest BCUT2D eigenvalue weighted by atomic mass is 19.4. The van der Waals surface area contributed by atoms with Gasteiger partial charge in [0.05, 0.1) is 16.8 Å². The van der Waals surface area contributed by atoms with Crippen LogP contribution in [0, 0.1) is 0 Å². The second-order valence-corrected chi connectivity index (χ2v) is 7.48. The Morgan fingerprint density at radius 3 is 2.03 bits per heavy atom. The highest BCUT2D eigenvalue weighted by Crippen LogP contribution is 2.51. The summed E-state index contributed by atoms with van der Waals surface area (Å²) in [5, 5.41) is 5.85. The summed E-state index contributed by atoms with van der Waals surface area (Å²) in [5.74, 6) is -0.485. The van der Waals surface area contributed by atoms with Crippen molar-refractivity contribution in [1.29, 1.82) is 0 Å². The lowest BCUT2D eigenvalue weighted by molar-refractivity contribution is -0.276. The third kappa shape index (κ3) is 3.89. The Bertz CT molecular complexity index is 1130. The Kier molecular flexibility index (Phi) is 4.95. The summed E-state index contributed by atoms with van der Waals surface area (Å²) in [6.07, 6.45) is -17.3. The van der Waals surface area contributed by atoms with Crippen LogP contribution in [-0.2, 0) is 29.3 Å². The Balaban J connectivity index is 1.82. The number of fused-ring (bicyclic) bond motifs is 1. The topological polar surface area (TPSA) is 50.7 Å². The van der Waals surface area contributed by atoms with Gasteiger partial charge in [-0.2, -0.15) is 39.5 Å². The molecule has 1 amide bonds. The molecule has 0 saturated carbocycles. The van der Waals surface area contributed by atoms with E-state index in [1.165, 1.54) is 18.2 Å². The Morgan fingerprint density at radius 2 is 1.48 bits per heavy atom. The van der Waals surface area contributed by atoms with Gasteiger partial charge in [-0.25, -0.2) is 0 Å². The number of nitrogens with one attached hydrogen (secondary N) is 1. The zero-order valence-electron chi connectivity index (χ0n) is 16.0. The summed E-state index contributed by atoms with van der Waals surface area (Å²) in [6.45, 7) is 0.203. The molecule has 0 radical (unpaired) electrons. The molecular formula is C20H11F9N2O2. The van der Waals surface area contributed by atoms with Gasteiger partial charge in [-0.05, 0) is 29.8 Å². The molecule has 13 heteroatoms. The standard InChI is InChI=1S/C20H11F9N2O2/c21-18(22,23)12-4-11(5-13(6-12)19(24,25)26)17(20(27,28)29)7-15(31-33-17)9-1-2-10-8-30-16(32)14(10)3-9/h1-6H,7-8H2,(H,30,32). The molecule has 1 atom stereocenters. The molecule has 0 fully saturated rings. The van der Waals surface area contributed by atoms with Crippen LogP contribution in [0.1, 0.15) is 44.6 Å². The monoisotopic (exact) mass is 482 g/mol. The maximum Gasteiger partial charge on any atom is 0.435 e. The lowest BCUT2D eigenvalue weighted by Crippen LogP contribution is -2.43. The summed E-state index contributed by atoms with van der Waals surface area (Å²) >= 11 is 0. The second kappa shape index (κ2) is 7.12. The van der Waals surface area contributed by atoms with Crippen LogP contribution in [0.4, 0.5) is 39.5 Å². The van der Waals surface area contributed by atoms with Gasteiger partial charge in [0.25, 0.3) is 11.5 Å². The molecule has 2 aliphatic rings. The van der Waals surface area contributed by atoms with Crippen LogP contribution in [0.2, 0.25) is 0 Å². The van der Waals surface area contributed by atoms with Crippen LogP contribution < -0.4 is 5.32 Å². The molecular weight excluding hydrogens is 471 g/mol. The summed E-state index contributed by atoms with van der Waals surface area (Å²) in [6, 6.07) is 3.68. The third-order valence-corrected chi connectivity index (χ3v) is 5.37. The Labute approximate surface area is 179 Å². The number of amides is 1. The highest BCUT2D eigenvalue weighted by molar-refractivity contribution is 6.05. The molecule has 4 rings (SSSR count). The van der Waals surface area contributed by atoms with Crippen LogP contribution in [0.5, 0.6) is 0 Å². The van der Waals surface area contributed by atoms with Crippen molar-refractivity contribution in [2.45, 2.75) is 37.1 Å². The molecule has 2 heterocycles. The van der Waals surface area contributed by atoms with Crippen LogP contribution in [0.3, 0.4) is 0 Å². The molecule has 0 saturated heterocycles. The van der Waals surface area contributed by atoms with Crippen molar-refractivity contribution < 1.29 is 49.1 Å². The zero-order chi connectivity index (χ0) is 24.4. The van der Waals surface area contributed by atoms with E-state index >= 15 is 0 Å². The number of halogens is 9. The highest BCUT2D eigenvalue weighted by Gasteiger charge is 2.63. The van der Waals surface area contributed by atoms with Crippen molar-refractivity contribution in [3.05, 3.63) is 69.8 Å². The molecule has 2 aliphatic heterocycles. The van der Waals surface area contributed by atoms with Crippen molar-refractivity contribution in [3.8, 4) is 0 Å². The van der Waals surface area contributed by atoms with Gasteiger partial charge in [-0.1, -0.05) is 17.3 Å². The van der Waals surface area contributed by atoms with Gasteiger partial charge in [0, 0.05) is 29.7 Å². The number of carbonyl (C=O) groups excluding carboxylic acids is 1. The van der Waals surface area contributed by atoms with Gasteiger partial charge >= 0.3 is 18.5 Å². The predicted molar refractivity (Wildman–Crippen MR) is 94.0 cm³/mol. The zero-order valence-corrected chi connectivity index (χ0v) is 16.0. The molecule has 176 valence electrons. The SMILES string of the molecule is O=C1NCc2ccc(C3=NOC(c4cc(C(F)(F)F)cc(C(F)(F)F)c4)(C(F)(F)F)C3)cc21. The minimum atomic E-state index is -5.43. The van der Waals surface area contributed by atoms with E-state index in [1.54, 1.807) is 0 Å². The van der Waals surface area contributed by atoms with Gasteiger partial charge in [0.2, 0.25) is 0 Å². The molecule has 4 nitrogen and oxygen atoms in total. The van der Waals surface area contributed by atoms with Crippen molar-refractivity contribution in [3.63, 3.8) is 0 Å². The first-order chi connectivity index (χ1) is 15.1. The van der Waals surface area contributed by atoms with Crippen molar-refractivity contribution >= 4 is 11.6 Å². The Morgan fingerprint density at radius 1 is 0.879 bits per heavy atom. The number of carbonyl (C=O) groups is 1. The van der Waals surface area contributed by atoms with Crippen LogP contribution in [-0.4, -0.2) is 17.8 Å². The molecule has 0 bridgehead atoms. The number of hydrogen-bond acceptors (Lipinski definition) is 3. The average Bonchev–Trinajstić information content (AvgIpc) is 3.31. The van der Waals surface area contributed by atoms with E-state index in [4.69, 9.17) is 0 Å². The molecule has 2 aromatic carbocycles. The predicted octanol–water partition coefficient (Wildman–Crippen LogP) is 5.55. The molecule has 0 aliphatic carbocycles. The maximum absolute atomic E-state index is 14.1. The van der Waals surface area contributed by atoms with Crippen LogP contribution in [0.15, 0.2) is 41.6 Å². The van der Waals surface area contributed by atoms with Gasteiger partial charge < -0.3 is 10.2 Å². The van der Waals surface area contributed by atoms with E-state index in [0.29, 0.717) is 5.56 Å². The fourth-order valence-electron chi connectivity index (χ4n) is 3.64. The molecule has 1 N–H and O–H groups in total. The summed E-state index contributed by atoms with van der Waals surface area (Å²) in [5.41, 5.74) is -8.46. The fraction of sp³-hybridized carbons (Fsp3) is 0.300. The van der Waals surface area contributed by atoms with Gasteiger partial charge in [-0.3, -0.25) is 4.79 Å². The number of alkyl halides is 9. The van der Waals surface area contributed by atoms with Crippen LogP contribution in [0.25, 0.3) is 0 Å². The van der Waals surface area contributed by atoms with E-state index in [1.807, 2.05) is 0 Å². The summed E-state index contributed by atoms with van der Waals surface area (Å²) < 4.78 is 121. The van der Waals surface area contributed by atoms with Gasteiger partial charge in [-0.15, -0.1) is 0 Å². The smallest absolute Gasteiger partial charge is 0.374 e. The summed E-state index contributed by atoms with van der Waals surface area (Å²) in [7, 11) is 0. The molecule has 2 aromatic rings. The van der Waals surface area contributed by atoms with Gasteiger partial charge in [0.15, 0.2) is 0 Å². The fourth-order valence-corrected chi connectivity index (χ4v) is 3.64. The summed E-state index contributed by atoms with van der Waals surface area (Å²) in [4.78, 5) is 16.4. The van der Waals surface area contributed by atoms with E-state index in [0.717, 1.165) is 0 Å². The number of rotatable bonds is 2. The molecule has 33 heavy (non-hydrogen) atoms. The largest absolute Gasteiger partial charge is 0.435 e. The lowest BCUT2D eigenvalue weighted by atomic mass is 9.84.